The average Bonchev–Trinajstić information content (AvgIpc) is 2.80. The molecule has 1 N–H and O–H groups in total. The molecule has 0 spiro atoms. The highest BCUT2D eigenvalue weighted by molar-refractivity contribution is 5.88. The minimum Gasteiger partial charge on any atom is -0.478 e. The molecule has 0 radical (unpaired) electrons. The lowest BCUT2D eigenvalue weighted by molar-refractivity contribution is 0.0696. The van der Waals surface area contributed by atoms with E-state index in [2.05, 4.69) is 20.3 Å². The molecule has 0 aliphatic heterocycles. The van der Waals surface area contributed by atoms with E-state index < -0.39 is 5.97 Å². The molecule has 3 rings (SSSR count). The number of carbonyl (C=O) groups is 1. The topological polar surface area (TPSA) is 93.8 Å². The molecule has 0 saturated carbocycles. The molecule has 0 amide bonds. The number of rotatable bonds is 2. The van der Waals surface area contributed by atoms with Gasteiger partial charge in [0.2, 0.25) is 0 Å². The SMILES string of the molecule is Cc1nn(-c2nnc3ccccc3n2)cc1C(=O)O. The quantitative estimate of drug-likeness (QED) is 0.739. The summed E-state index contributed by atoms with van der Waals surface area (Å²) in [4.78, 5) is 15.3. The number of carboxylic acid groups (broad SMARTS) is 1. The molecule has 0 saturated heterocycles. The zero-order valence-corrected chi connectivity index (χ0v) is 9.98. The molecule has 2 heterocycles. The maximum absolute atomic E-state index is 11.0. The van der Waals surface area contributed by atoms with E-state index >= 15 is 0 Å². The summed E-state index contributed by atoms with van der Waals surface area (Å²) in [6.45, 7) is 1.62. The standard InChI is InChI=1S/C12H9N5O2/c1-7-8(11(18)19)6-17(16-7)12-13-9-4-2-3-5-10(9)14-15-12/h2-6H,1H3,(H,18,19). The Morgan fingerprint density at radius 3 is 2.63 bits per heavy atom. The van der Waals surface area contributed by atoms with Crippen molar-refractivity contribution in [3.63, 3.8) is 0 Å². The van der Waals surface area contributed by atoms with Crippen LogP contribution in [0.5, 0.6) is 0 Å². The lowest BCUT2D eigenvalue weighted by Crippen LogP contribution is -2.04. The first-order chi connectivity index (χ1) is 9.15. The Morgan fingerprint density at radius 1 is 1.21 bits per heavy atom. The van der Waals surface area contributed by atoms with Gasteiger partial charge in [-0.25, -0.2) is 14.5 Å². The Bertz CT molecular complexity index is 781. The largest absolute Gasteiger partial charge is 0.478 e. The number of hydrogen-bond donors (Lipinski definition) is 1. The fourth-order valence-corrected chi connectivity index (χ4v) is 1.74. The monoisotopic (exact) mass is 255 g/mol. The van der Waals surface area contributed by atoms with Gasteiger partial charge >= 0.3 is 5.97 Å². The fourth-order valence-electron chi connectivity index (χ4n) is 1.74. The smallest absolute Gasteiger partial charge is 0.339 e. The van der Waals surface area contributed by atoms with Gasteiger partial charge in [-0.2, -0.15) is 5.10 Å². The number of aromatic nitrogens is 5. The number of fused-ring (bicyclic) bond motifs is 1. The van der Waals surface area contributed by atoms with Crippen LogP contribution in [0.1, 0.15) is 16.1 Å². The van der Waals surface area contributed by atoms with Crippen molar-refractivity contribution in [3.8, 4) is 5.95 Å². The van der Waals surface area contributed by atoms with Crippen LogP contribution < -0.4 is 0 Å². The van der Waals surface area contributed by atoms with Crippen LogP contribution in [0.3, 0.4) is 0 Å². The molecule has 2 aromatic heterocycles. The third kappa shape index (κ3) is 1.90. The molecular weight excluding hydrogens is 246 g/mol. The minimum atomic E-state index is -1.03. The number of aromatic carboxylic acids is 1. The lowest BCUT2D eigenvalue weighted by Gasteiger charge is -1.99. The summed E-state index contributed by atoms with van der Waals surface area (Å²) in [6.07, 6.45) is 1.38. The Labute approximate surface area is 107 Å². The third-order valence-corrected chi connectivity index (χ3v) is 2.68. The average molecular weight is 255 g/mol. The van der Waals surface area contributed by atoms with Crippen LogP contribution in [0.25, 0.3) is 17.0 Å². The van der Waals surface area contributed by atoms with Crippen LogP contribution in [0.2, 0.25) is 0 Å². The fraction of sp³-hybridized carbons (Fsp3) is 0.0833. The van der Waals surface area contributed by atoms with Gasteiger partial charge in [0.25, 0.3) is 5.95 Å². The van der Waals surface area contributed by atoms with Crippen molar-refractivity contribution < 1.29 is 9.90 Å². The Kier molecular flexibility index (Phi) is 2.45. The van der Waals surface area contributed by atoms with Gasteiger partial charge in [0, 0.05) is 6.20 Å². The van der Waals surface area contributed by atoms with E-state index in [1.54, 1.807) is 13.0 Å². The number of nitrogens with zero attached hydrogens (tertiary/aromatic N) is 5. The molecule has 0 aliphatic rings. The van der Waals surface area contributed by atoms with Crippen LogP contribution in [0.15, 0.2) is 30.5 Å². The molecule has 0 bridgehead atoms. The first kappa shape index (κ1) is 11.3. The van der Waals surface area contributed by atoms with Crippen molar-refractivity contribution in [1.82, 2.24) is 25.0 Å². The van der Waals surface area contributed by atoms with Gasteiger partial charge in [0.1, 0.15) is 11.1 Å². The number of benzene rings is 1. The van der Waals surface area contributed by atoms with E-state index in [9.17, 15) is 4.79 Å². The normalized spacial score (nSPS) is 10.8. The predicted octanol–water partition coefficient (Wildman–Crippen LogP) is 1.22. The first-order valence-electron chi connectivity index (χ1n) is 5.54. The summed E-state index contributed by atoms with van der Waals surface area (Å²) in [5.41, 5.74) is 1.88. The van der Waals surface area contributed by atoms with Gasteiger partial charge in [0.15, 0.2) is 0 Å². The van der Waals surface area contributed by atoms with Crippen molar-refractivity contribution >= 4 is 17.0 Å². The summed E-state index contributed by atoms with van der Waals surface area (Å²) in [5, 5.41) is 21.0. The number of hydrogen-bond acceptors (Lipinski definition) is 5. The lowest BCUT2D eigenvalue weighted by atomic mass is 10.3. The van der Waals surface area contributed by atoms with Crippen molar-refractivity contribution in [2.24, 2.45) is 0 Å². The molecule has 19 heavy (non-hydrogen) atoms. The molecule has 7 nitrogen and oxygen atoms in total. The van der Waals surface area contributed by atoms with Gasteiger partial charge in [-0.05, 0) is 19.1 Å². The third-order valence-electron chi connectivity index (χ3n) is 2.68. The van der Waals surface area contributed by atoms with Gasteiger partial charge in [-0.3, -0.25) is 0 Å². The van der Waals surface area contributed by atoms with E-state index in [1.165, 1.54) is 10.9 Å². The molecule has 0 fully saturated rings. The summed E-state index contributed by atoms with van der Waals surface area (Å²) in [6, 6.07) is 7.30. The summed E-state index contributed by atoms with van der Waals surface area (Å²) in [7, 11) is 0. The second-order valence-corrected chi connectivity index (χ2v) is 3.98. The number of aryl methyl sites for hydroxylation is 1. The number of para-hydroxylation sites is 1. The molecule has 0 unspecified atom stereocenters. The van der Waals surface area contributed by atoms with Crippen LogP contribution in [0, 0.1) is 6.92 Å². The Balaban J connectivity index is 2.13. The summed E-state index contributed by atoms with van der Waals surface area (Å²) in [5.74, 6) is -0.785. The highest BCUT2D eigenvalue weighted by Crippen LogP contribution is 2.11. The van der Waals surface area contributed by atoms with E-state index in [0.717, 1.165) is 0 Å². The van der Waals surface area contributed by atoms with Gasteiger partial charge in [-0.15, -0.1) is 10.2 Å². The second-order valence-electron chi connectivity index (χ2n) is 3.98. The molecule has 0 aliphatic carbocycles. The zero-order valence-electron chi connectivity index (χ0n) is 9.98. The van der Waals surface area contributed by atoms with E-state index in [0.29, 0.717) is 16.7 Å². The van der Waals surface area contributed by atoms with Gasteiger partial charge in [0.05, 0.1) is 11.2 Å². The molecule has 0 atom stereocenters. The molecule has 94 valence electrons. The summed E-state index contributed by atoms with van der Waals surface area (Å²) < 4.78 is 1.32. The molecular formula is C12H9N5O2. The maximum atomic E-state index is 11.0. The van der Waals surface area contributed by atoms with Crippen LogP contribution in [0.4, 0.5) is 0 Å². The molecule has 7 heteroatoms. The van der Waals surface area contributed by atoms with Gasteiger partial charge < -0.3 is 5.11 Å². The van der Waals surface area contributed by atoms with E-state index in [1.807, 2.05) is 18.2 Å². The Hall–Kier alpha value is -2.83. The first-order valence-corrected chi connectivity index (χ1v) is 5.54. The highest BCUT2D eigenvalue weighted by atomic mass is 16.4. The minimum absolute atomic E-state index is 0.122. The Morgan fingerprint density at radius 2 is 1.95 bits per heavy atom. The van der Waals surface area contributed by atoms with E-state index in [4.69, 9.17) is 5.11 Å². The van der Waals surface area contributed by atoms with Crippen molar-refractivity contribution in [2.75, 3.05) is 0 Å². The van der Waals surface area contributed by atoms with Crippen LogP contribution >= 0.6 is 0 Å². The van der Waals surface area contributed by atoms with Crippen molar-refractivity contribution in [1.29, 1.82) is 0 Å². The van der Waals surface area contributed by atoms with Crippen LogP contribution in [-0.4, -0.2) is 36.0 Å². The second kappa shape index (κ2) is 4.13. The van der Waals surface area contributed by atoms with Gasteiger partial charge in [-0.1, -0.05) is 12.1 Å². The maximum Gasteiger partial charge on any atom is 0.339 e. The van der Waals surface area contributed by atoms with Crippen LogP contribution in [-0.2, 0) is 0 Å². The highest BCUT2D eigenvalue weighted by Gasteiger charge is 2.14. The zero-order chi connectivity index (χ0) is 13.4. The summed E-state index contributed by atoms with van der Waals surface area (Å²) >= 11 is 0. The predicted molar refractivity (Wildman–Crippen MR) is 66.2 cm³/mol. The van der Waals surface area contributed by atoms with Crippen molar-refractivity contribution in [2.45, 2.75) is 6.92 Å². The molecule has 1 aromatic carbocycles. The number of carboxylic acids is 1. The van der Waals surface area contributed by atoms with Crippen molar-refractivity contribution in [3.05, 3.63) is 41.7 Å². The molecule has 3 aromatic rings. The van der Waals surface area contributed by atoms with E-state index in [-0.39, 0.29) is 11.5 Å².